The molecular formula is C26H50O2Si2. The maximum atomic E-state index is 7.08. The van der Waals surface area contributed by atoms with Crippen LogP contribution in [-0.4, -0.2) is 28.3 Å². The van der Waals surface area contributed by atoms with Crippen molar-refractivity contribution in [2.75, 3.05) is 0 Å². The van der Waals surface area contributed by atoms with Crippen LogP contribution in [0, 0.1) is 35.0 Å². The molecule has 0 radical (unpaired) electrons. The van der Waals surface area contributed by atoms with Crippen molar-refractivity contribution >= 4 is 16.6 Å². The second-order valence-electron chi connectivity index (χ2n) is 13.7. The molecule has 4 saturated carbocycles. The molecule has 0 saturated heterocycles. The van der Waals surface area contributed by atoms with E-state index in [1.54, 1.807) is 0 Å². The fourth-order valence-corrected chi connectivity index (χ4v) is 11.8. The van der Waals surface area contributed by atoms with Gasteiger partial charge in [0.1, 0.15) is 0 Å². The van der Waals surface area contributed by atoms with Crippen molar-refractivity contribution in [2.24, 2.45) is 35.0 Å². The van der Waals surface area contributed by atoms with E-state index in [9.17, 15) is 0 Å². The van der Waals surface area contributed by atoms with Crippen molar-refractivity contribution in [1.82, 2.24) is 0 Å². The quantitative estimate of drug-likeness (QED) is 0.397. The minimum absolute atomic E-state index is 0.160. The van der Waals surface area contributed by atoms with Crippen LogP contribution in [0.5, 0.6) is 0 Å². The minimum Gasteiger partial charge on any atom is -0.415 e. The predicted octanol–water partition coefficient (Wildman–Crippen LogP) is 7.86. The average molecular weight is 451 g/mol. The molecule has 6 unspecified atom stereocenters. The molecular weight excluding hydrogens is 400 g/mol. The maximum absolute atomic E-state index is 7.08. The highest BCUT2D eigenvalue weighted by molar-refractivity contribution is 6.70. The molecule has 0 aliphatic heterocycles. The van der Waals surface area contributed by atoms with E-state index in [1.807, 2.05) is 0 Å². The van der Waals surface area contributed by atoms with Crippen molar-refractivity contribution in [3.8, 4) is 0 Å². The summed E-state index contributed by atoms with van der Waals surface area (Å²) in [6, 6.07) is 0. The lowest BCUT2D eigenvalue weighted by atomic mass is 9.49. The largest absolute Gasteiger partial charge is 0.415 e. The molecule has 0 aromatic rings. The highest BCUT2D eigenvalue weighted by Crippen LogP contribution is 2.67. The van der Waals surface area contributed by atoms with Gasteiger partial charge >= 0.3 is 0 Å². The molecule has 30 heavy (non-hydrogen) atoms. The van der Waals surface area contributed by atoms with Gasteiger partial charge in [-0.3, -0.25) is 0 Å². The van der Waals surface area contributed by atoms with Gasteiger partial charge in [-0.05, 0) is 138 Å². The molecule has 0 spiro atoms. The first-order chi connectivity index (χ1) is 13.9. The van der Waals surface area contributed by atoms with Crippen LogP contribution in [-0.2, 0) is 8.85 Å². The van der Waals surface area contributed by atoms with Gasteiger partial charge in [-0.15, -0.1) is 0 Å². The summed E-state index contributed by atoms with van der Waals surface area (Å²) < 4.78 is 13.6. The molecule has 4 aliphatic rings. The van der Waals surface area contributed by atoms with Gasteiger partial charge in [0.2, 0.25) is 0 Å². The lowest BCUT2D eigenvalue weighted by Crippen LogP contribution is -2.57. The molecule has 0 aromatic carbocycles. The van der Waals surface area contributed by atoms with Gasteiger partial charge in [0.25, 0.3) is 0 Å². The Kier molecular flexibility index (Phi) is 6.26. The first kappa shape index (κ1) is 23.5. The van der Waals surface area contributed by atoms with E-state index < -0.39 is 16.6 Å². The van der Waals surface area contributed by atoms with E-state index in [0.29, 0.717) is 11.5 Å². The van der Waals surface area contributed by atoms with Gasteiger partial charge in [-0.25, -0.2) is 0 Å². The zero-order chi connectivity index (χ0) is 21.9. The van der Waals surface area contributed by atoms with Crippen molar-refractivity contribution < 1.29 is 8.85 Å². The van der Waals surface area contributed by atoms with E-state index in [1.165, 1.54) is 64.2 Å². The lowest BCUT2D eigenvalue weighted by molar-refractivity contribution is -0.126. The number of rotatable bonds is 5. The molecule has 174 valence electrons. The molecule has 0 bridgehead atoms. The van der Waals surface area contributed by atoms with Crippen LogP contribution in [0.3, 0.4) is 0 Å². The van der Waals surface area contributed by atoms with Gasteiger partial charge in [0, 0.05) is 6.10 Å². The van der Waals surface area contributed by atoms with Crippen LogP contribution in [0.15, 0.2) is 0 Å². The van der Waals surface area contributed by atoms with E-state index in [4.69, 9.17) is 8.85 Å². The first-order valence-electron chi connectivity index (χ1n) is 13.3. The summed E-state index contributed by atoms with van der Waals surface area (Å²) in [7, 11) is -2.96. The Morgan fingerprint density at radius 3 is 2.10 bits per heavy atom. The third kappa shape index (κ3) is 4.17. The zero-order valence-electron chi connectivity index (χ0n) is 21.4. The summed E-state index contributed by atoms with van der Waals surface area (Å²) in [6.07, 6.45) is 14.5. The third-order valence-electron chi connectivity index (χ3n) is 9.79. The molecule has 0 N–H and O–H groups in total. The number of hydrogen-bond donors (Lipinski definition) is 0. The molecule has 0 amide bonds. The van der Waals surface area contributed by atoms with Gasteiger partial charge < -0.3 is 8.85 Å². The van der Waals surface area contributed by atoms with Crippen LogP contribution >= 0.6 is 0 Å². The Morgan fingerprint density at radius 1 is 0.767 bits per heavy atom. The fraction of sp³-hybridized carbons (Fsp3) is 1.00. The van der Waals surface area contributed by atoms with Crippen molar-refractivity contribution in [3.05, 3.63) is 0 Å². The Hall–Kier alpha value is 0.354. The van der Waals surface area contributed by atoms with Gasteiger partial charge in [-0.1, -0.05) is 13.8 Å². The average Bonchev–Trinajstić information content (AvgIpc) is 2.91. The molecule has 4 fully saturated rings. The SMILES string of the molecule is CC[C@]1(O[Si](C)(C)C)CCC2C3CCC4CC(O[Si](C)(C)C)CCC4C3CC[C@@]21C. The normalized spacial score (nSPS) is 46.8. The standard InChI is InChI=1S/C26H50O2Si2/c1-9-26(28-30(6,7)8)17-15-24-23-12-10-19-18-20(27-29(3,4)5)11-13-21(19)22(23)14-16-25(24,26)2/h19-24H,9-18H2,1-8H3/t19?,20?,21?,22?,23?,24?,25-,26-/m0/s1. The molecule has 8 atom stereocenters. The first-order valence-corrected chi connectivity index (χ1v) is 20.1. The van der Waals surface area contributed by atoms with Crippen molar-refractivity contribution in [3.63, 3.8) is 0 Å². The summed E-state index contributed by atoms with van der Waals surface area (Å²) in [5.41, 5.74) is 0.570. The second-order valence-corrected chi connectivity index (χ2v) is 22.5. The summed E-state index contributed by atoms with van der Waals surface area (Å²) >= 11 is 0. The topological polar surface area (TPSA) is 18.5 Å². The van der Waals surface area contributed by atoms with Crippen LogP contribution < -0.4 is 0 Å². The minimum atomic E-state index is -1.55. The lowest BCUT2D eigenvalue weighted by Gasteiger charge is -2.59. The summed E-state index contributed by atoms with van der Waals surface area (Å²) in [6.45, 7) is 19.4. The molecule has 0 heterocycles. The van der Waals surface area contributed by atoms with Crippen molar-refractivity contribution in [1.29, 1.82) is 0 Å². The smallest absolute Gasteiger partial charge is 0.184 e. The van der Waals surface area contributed by atoms with E-state index >= 15 is 0 Å². The Labute approximate surface area is 189 Å². The highest BCUT2D eigenvalue weighted by Gasteiger charge is 2.63. The fourth-order valence-electron chi connectivity index (χ4n) is 8.92. The van der Waals surface area contributed by atoms with Crippen LogP contribution in [0.4, 0.5) is 0 Å². The Balaban J connectivity index is 1.49. The van der Waals surface area contributed by atoms with E-state index in [0.717, 1.165) is 29.6 Å². The van der Waals surface area contributed by atoms with Crippen molar-refractivity contribution in [2.45, 2.75) is 129 Å². The number of fused-ring (bicyclic) bond motifs is 5. The molecule has 4 heteroatoms. The summed E-state index contributed by atoms with van der Waals surface area (Å²) in [4.78, 5) is 0. The zero-order valence-corrected chi connectivity index (χ0v) is 23.4. The van der Waals surface area contributed by atoms with Gasteiger partial charge in [0.05, 0.1) is 5.60 Å². The molecule has 4 rings (SSSR count). The summed E-state index contributed by atoms with van der Waals surface area (Å²) in [5, 5.41) is 0. The van der Waals surface area contributed by atoms with Crippen LogP contribution in [0.2, 0.25) is 39.3 Å². The molecule has 0 aromatic heterocycles. The predicted molar refractivity (Wildman–Crippen MR) is 133 cm³/mol. The van der Waals surface area contributed by atoms with E-state index in [-0.39, 0.29) is 5.60 Å². The third-order valence-corrected chi connectivity index (χ3v) is 11.8. The van der Waals surface area contributed by atoms with Gasteiger partial charge in [0.15, 0.2) is 16.6 Å². The Morgan fingerprint density at radius 2 is 1.47 bits per heavy atom. The van der Waals surface area contributed by atoms with Crippen LogP contribution in [0.25, 0.3) is 0 Å². The monoisotopic (exact) mass is 450 g/mol. The maximum Gasteiger partial charge on any atom is 0.184 e. The summed E-state index contributed by atoms with van der Waals surface area (Å²) in [5.74, 6) is 4.81. The molecule has 4 aliphatic carbocycles. The van der Waals surface area contributed by atoms with E-state index in [2.05, 4.69) is 53.1 Å². The van der Waals surface area contributed by atoms with Crippen LogP contribution in [0.1, 0.15) is 78.1 Å². The molecule has 2 nitrogen and oxygen atoms in total. The highest BCUT2D eigenvalue weighted by atomic mass is 28.4. The van der Waals surface area contributed by atoms with Gasteiger partial charge in [-0.2, -0.15) is 0 Å². The second kappa shape index (κ2) is 7.99. The number of hydrogen-bond acceptors (Lipinski definition) is 2. The Bertz CT molecular complexity index is 624.